The predicted octanol–water partition coefficient (Wildman–Crippen LogP) is 3.18. The average molecular weight is 417 g/mol. The second-order valence-corrected chi connectivity index (χ2v) is 6.76. The highest BCUT2D eigenvalue weighted by atomic mass is 19.1. The molecule has 1 atom stereocenters. The summed E-state index contributed by atoms with van der Waals surface area (Å²) in [7, 11) is 1.28. The molecule has 3 rings (SSSR count). The Morgan fingerprint density at radius 3 is 2.57 bits per heavy atom. The summed E-state index contributed by atoms with van der Waals surface area (Å²) >= 11 is 0. The van der Waals surface area contributed by atoms with Crippen molar-refractivity contribution >= 4 is 17.5 Å². The van der Waals surface area contributed by atoms with E-state index in [-0.39, 0.29) is 30.0 Å². The van der Waals surface area contributed by atoms with Gasteiger partial charge in [-0.15, -0.1) is 0 Å². The number of fused-ring (bicyclic) bond motifs is 1. The lowest BCUT2D eigenvalue weighted by atomic mass is 10.2. The summed E-state index contributed by atoms with van der Waals surface area (Å²) in [5.74, 6) is -2.00. The number of esters is 1. The van der Waals surface area contributed by atoms with Gasteiger partial charge in [-0.2, -0.15) is 0 Å². The van der Waals surface area contributed by atoms with Gasteiger partial charge in [-0.25, -0.2) is 13.8 Å². The number of imidazole rings is 1. The molecule has 0 radical (unpaired) electrons. The molecule has 2 heterocycles. The Hall–Kier alpha value is -3.49. The van der Waals surface area contributed by atoms with Crippen LogP contribution in [0, 0.1) is 18.6 Å². The number of halogens is 2. The number of hydrogen-bond acceptors (Lipinski definition) is 5. The van der Waals surface area contributed by atoms with E-state index in [0.29, 0.717) is 11.3 Å². The summed E-state index contributed by atoms with van der Waals surface area (Å²) in [6.07, 6.45) is 1.66. The number of carbonyl (C=O) groups is 2. The number of carbonyl (C=O) groups excluding carboxylic acids is 2. The first-order valence-electron chi connectivity index (χ1n) is 9.22. The second kappa shape index (κ2) is 8.89. The molecule has 1 aromatic carbocycles. The maximum atomic E-state index is 13.9. The third-order valence-corrected chi connectivity index (χ3v) is 4.52. The minimum Gasteiger partial charge on any atom is -0.485 e. The molecule has 3 aromatic rings. The van der Waals surface area contributed by atoms with Crippen LogP contribution in [0.1, 0.15) is 35.1 Å². The molecular formula is C21H21F2N3O4. The number of hydrogen-bond donors (Lipinski definition) is 1. The number of aryl methyl sites for hydroxylation is 1. The summed E-state index contributed by atoms with van der Waals surface area (Å²) in [6.45, 7) is 3.01. The largest absolute Gasteiger partial charge is 0.485 e. The number of ether oxygens (including phenoxy) is 2. The molecule has 1 N–H and O–H groups in total. The Labute approximate surface area is 171 Å². The average Bonchev–Trinajstić information content (AvgIpc) is 3.03. The number of pyridine rings is 1. The maximum absolute atomic E-state index is 13.9. The molecule has 0 aliphatic heterocycles. The van der Waals surface area contributed by atoms with Gasteiger partial charge in [0.15, 0.2) is 11.4 Å². The van der Waals surface area contributed by atoms with Gasteiger partial charge in [-0.1, -0.05) is 6.07 Å². The zero-order chi connectivity index (χ0) is 21.8. The van der Waals surface area contributed by atoms with Crippen molar-refractivity contribution in [1.29, 1.82) is 0 Å². The summed E-state index contributed by atoms with van der Waals surface area (Å²) in [5, 5.41) is 2.73. The molecular weight excluding hydrogens is 396 g/mol. The minimum atomic E-state index is -0.707. The van der Waals surface area contributed by atoms with E-state index in [1.807, 2.05) is 0 Å². The number of nitrogens with one attached hydrogen (secondary N) is 1. The quantitative estimate of drug-likeness (QED) is 0.597. The number of aromatic nitrogens is 2. The topological polar surface area (TPSA) is 81.9 Å². The molecule has 0 saturated heterocycles. The first kappa shape index (κ1) is 21.2. The molecule has 0 saturated carbocycles. The van der Waals surface area contributed by atoms with E-state index in [1.54, 1.807) is 32.2 Å². The third-order valence-electron chi connectivity index (χ3n) is 4.52. The number of amides is 1. The van der Waals surface area contributed by atoms with Crippen LogP contribution in [-0.2, 0) is 16.1 Å². The van der Waals surface area contributed by atoms with Crippen LogP contribution in [0.4, 0.5) is 8.78 Å². The molecule has 0 aliphatic rings. The monoisotopic (exact) mass is 417 g/mol. The van der Waals surface area contributed by atoms with E-state index in [9.17, 15) is 18.4 Å². The van der Waals surface area contributed by atoms with Crippen LogP contribution in [0.3, 0.4) is 0 Å². The molecule has 0 fully saturated rings. The van der Waals surface area contributed by atoms with E-state index in [4.69, 9.17) is 4.74 Å². The van der Waals surface area contributed by atoms with Crippen LogP contribution in [0.2, 0.25) is 0 Å². The van der Waals surface area contributed by atoms with Crippen molar-refractivity contribution in [3.8, 4) is 5.75 Å². The Bertz CT molecular complexity index is 1080. The van der Waals surface area contributed by atoms with Gasteiger partial charge in [-0.3, -0.25) is 14.0 Å². The van der Waals surface area contributed by atoms with Crippen LogP contribution < -0.4 is 10.1 Å². The number of methoxy groups -OCH3 is 1. The van der Waals surface area contributed by atoms with Crippen molar-refractivity contribution < 1.29 is 27.8 Å². The lowest BCUT2D eigenvalue weighted by Gasteiger charge is -2.13. The molecule has 7 nitrogen and oxygen atoms in total. The maximum Gasteiger partial charge on any atom is 0.307 e. The third kappa shape index (κ3) is 4.40. The molecule has 1 unspecified atom stereocenters. The standard InChI is InChI=1S/C21H21F2N3O4/c1-12(10-18(27)29-3)24-21(28)19-13(2)25-20-17(8-5-9-26(19)20)30-11-14-15(22)6-4-7-16(14)23/h4-9,12H,10-11H2,1-3H3,(H,24,28). The van der Waals surface area contributed by atoms with E-state index in [0.717, 1.165) is 12.1 Å². The molecule has 0 spiro atoms. The van der Waals surface area contributed by atoms with Gasteiger partial charge in [-0.05, 0) is 38.1 Å². The van der Waals surface area contributed by atoms with Crippen LogP contribution in [0.15, 0.2) is 36.5 Å². The highest BCUT2D eigenvalue weighted by Crippen LogP contribution is 2.24. The fraction of sp³-hybridized carbons (Fsp3) is 0.286. The lowest BCUT2D eigenvalue weighted by molar-refractivity contribution is -0.141. The van der Waals surface area contributed by atoms with E-state index < -0.39 is 29.6 Å². The van der Waals surface area contributed by atoms with Gasteiger partial charge in [0.25, 0.3) is 5.91 Å². The number of benzene rings is 1. The summed E-state index contributed by atoms with van der Waals surface area (Å²) < 4.78 is 39.4. The van der Waals surface area contributed by atoms with E-state index in [2.05, 4.69) is 15.0 Å². The van der Waals surface area contributed by atoms with Crippen LogP contribution >= 0.6 is 0 Å². The van der Waals surface area contributed by atoms with Crippen LogP contribution in [-0.4, -0.2) is 34.4 Å². The Kier molecular flexibility index (Phi) is 6.29. The molecule has 30 heavy (non-hydrogen) atoms. The van der Waals surface area contributed by atoms with Gasteiger partial charge >= 0.3 is 5.97 Å². The zero-order valence-corrected chi connectivity index (χ0v) is 16.7. The Morgan fingerprint density at radius 1 is 1.20 bits per heavy atom. The molecule has 1 amide bonds. The zero-order valence-electron chi connectivity index (χ0n) is 16.7. The van der Waals surface area contributed by atoms with Crippen molar-refractivity contribution in [1.82, 2.24) is 14.7 Å². The van der Waals surface area contributed by atoms with Crippen molar-refractivity contribution in [2.75, 3.05) is 7.11 Å². The molecule has 0 bridgehead atoms. The smallest absolute Gasteiger partial charge is 0.307 e. The van der Waals surface area contributed by atoms with Crippen molar-refractivity contribution in [2.45, 2.75) is 32.9 Å². The molecule has 158 valence electrons. The Balaban J connectivity index is 1.85. The molecule has 9 heteroatoms. The van der Waals surface area contributed by atoms with E-state index in [1.165, 1.54) is 17.6 Å². The van der Waals surface area contributed by atoms with Gasteiger partial charge < -0.3 is 14.8 Å². The van der Waals surface area contributed by atoms with Gasteiger partial charge in [0.05, 0.1) is 24.8 Å². The fourth-order valence-corrected chi connectivity index (χ4v) is 3.04. The van der Waals surface area contributed by atoms with Gasteiger partial charge in [0, 0.05) is 12.2 Å². The number of rotatable bonds is 7. The molecule has 0 aliphatic carbocycles. The summed E-state index contributed by atoms with van der Waals surface area (Å²) in [5.41, 5.74) is 0.838. The SMILES string of the molecule is COC(=O)CC(C)NC(=O)c1c(C)nc2c(OCc3c(F)cccc3F)cccn12. The minimum absolute atomic E-state index is 0.0284. The second-order valence-electron chi connectivity index (χ2n) is 6.76. The highest BCUT2D eigenvalue weighted by Gasteiger charge is 2.21. The summed E-state index contributed by atoms with van der Waals surface area (Å²) in [6, 6.07) is 6.37. The van der Waals surface area contributed by atoms with Crippen LogP contribution in [0.5, 0.6) is 5.75 Å². The summed E-state index contributed by atoms with van der Waals surface area (Å²) in [4.78, 5) is 28.5. The normalized spacial score (nSPS) is 11.9. The van der Waals surface area contributed by atoms with Crippen molar-refractivity contribution in [2.24, 2.45) is 0 Å². The first-order chi connectivity index (χ1) is 14.3. The van der Waals surface area contributed by atoms with Gasteiger partial charge in [0.2, 0.25) is 0 Å². The molecule has 2 aromatic heterocycles. The Morgan fingerprint density at radius 2 is 1.90 bits per heavy atom. The van der Waals surface area contributed by atoms with Crippen molar-refractivity contribution in [3.63, 3.8) is 0 Å². The first-order valence-corrected chi connectivity index (χ1v) is 9.22. The predicted molar refractivity (Wildman–Crippen MR) is 104 cm³/mol. The highest BCUT2D eigenvalue weighted by molar-refractivity contribution is 5.95. The van der Waals surface area contributed by atoms with Gasteiger partial charge in [0.1, 0.15) is 23.9 Å². The lowest BCUT2D eigenvalue weighted by Crippen LogP contribution is -2.35. The van der Waals surface area contributed by atoms with E-state index >= 15 is 0 Å². The van der Waals surface area contributed by atoms with Crippen molar-refractivity contribution in [3.05, 3.63) is 65.1 Å². The van der Waals surface area contributed by atoms with Crippen LogP contribution in [0.25, 0.3) is 5.65 Å². The fourth-order valence-electron chi connectivity index (χ4n) is 3.04. The number of nitrogens with zero attached hydrogens (tertiary/aromatic N) is 2.